The molecule has 9 heteroatoms. The number of halogens is 1. The smallest absolute Gasteiger partial charge is 0.240 e. The van der Waals surface area contributed by atoms with Gasteiger partial charge in [0.05, 0.1) is 11.5 Å². The maximum atomic E-state index is 12.1. The number of methoxy groups -OCH3 is 1. The molecule has 0 unspecified atom stereocenters. The van der Waals surface area contributed by atoms with Gasteiger partial charge in [-0.1, -0.05) is 31.4 Å². The summed E-state index contributed by atoms with van der Waals surface area (Å²) in [5, 5.41) is 6.75. The summed E-state index contributed by atoms with van der Waals surface area (Å²) < 4.78 is 31.6. The molecule has 154 valence electrons. The number of hydrogen-bond acceptors (Lipinski definition) is 4. The maximum Gasteiger partial charge on any atom is 0.240 e. The van der Waals surface area contributed by atoms with Crippen molar-refractivity contribution in [1.82, 2.24) is 15.4 Å². The summed E-state index contributed by atoms with van der Waals surface area (Å²) in [6.45, 7) is 1.18. The first kappa shape index (κ1) is 24.1. The van der Waals surface area contributed by atoms with Gasteiger partial charge >= 0.3 is 0 Å². The van der Waals surface area contributed by atoms with Crippen LogP contribution in [0.5, 0.6) is 0 Å². The van der Waals surface area contributed by atoms with E-state index in [4.69, 9.17) is 4.74 Å². The van der Waals surface area contributed by atoms with Crippen LogP contribution in [0.4, 0.5) is 0 Å². The highest BCUT2D eigenvalue weighted by Gasteiger charge is 2.15. The van der Waals surface area contributed by atoms with Crippen molar-refractivity contribution in [3.05, 3.63) is 29.8 Å². The SMILES string of the molecule is CN=C(NCc1ccc(S(=O)(=O)NCCOC)cc1)NC1CCCCC1.I. The minimum absolute atomic E-state index is 0. The van der Waals surface area contributed by atoms with Crippen LogP contribution in [0.3, 0.4) is 0 Å². The molecule has 1 aromatic carbocycles. The maximum absolute atomic E-state index is 12.1. The lowest BCUT2D eigenvalue weighted by Crippen LogP contribution is -2.43. The summed E-state index contributed by atoms with van der Waals surface area (Å²) in [5.41, 5.74) is 0.993. The summed E-state index contributed by atoms with van der Waals surface area (Å²) in [4.78, 5) is 4.52. The Morgan fingerprint density at radius 3 is 2.44 bits per heavy atom. The molecule has 7 nitrogen and oxygen atoms in total. The highest BCUT2D eigenvalue weighted by Crippen LogP contribution is 2.17. The van der Waals surface area contributed by atoms with Gasteiger partial charge in [-0.2, -0.15) is 0 Å². The Morgan fingerprint density at radius 1 is 1.19 bits per heavy atom. The minimum Gasteiger partial charge on any atom is -0.383 e. The Labute approximate surface area is 179 Å². The molecule has 0 spiro atoms. The standard InChI is InChI=1S/C18H30N4O3S.HI/c1-19-18(22-16-6-4-3-5-7-16)20-14-15-8-10-17(11-9-15)26(23,24)21-12-13-25-2;/h8-11,16,21H,3-7,12-14H2,1-2H3,(H2,19,20,22);1H. The Hall–Kier alpha value is -0.910. The van der Waals surface area contributed by atoms with E-state index in [2.05, 4.69) is 20.3 Å². The molecule has 27 heavy (non-hydrogen) atoms. The Bertz CT molecular complexity index is 674. The van der Waals surface area contributed by atoms with Crippen molar-refractivity contribution < 1.29 is 13.2 Å². The third-order valence-electron chi connectivity index (χ3n) is 4.46. The number of nitrogens with one attached hydrogen (secondary N) is 3. The van der Waals surface area contributed by atoms with Crippen molar-refractivity contribution in [3.8, 4) is 0 Å². The lowest BCUT2D eigenvalue weighted by Gasteiger charge is -2.24. The number of aliphatic imine (C=N–C) groups is 1. The van der Waals surface area contributed by atoms with Crippen molar-refractivity contribution >= 4 is 40.0 Å². The van der Waals surface area contributed by atoms with Crippen molar-refractivity contribution in [1.29, 1.82) is 0 Å². The van der Waals surface area contributed by atoms with E-state index in [9.17, 15) is 8.42 Å². The van der Waals surface area contributed by atoms with Gasteiger partial charge in [0.15, 0.2) is 5.96 Å². The minimum atomic E-state index is -3.49. The highest BCUT2D eigenvalue weighted by atomic mass is 127. The van der Waals surface area contributed by atoms with Crippen molar-refractivity contribution in [2.24, 2.45) is 4.99 Å². The average molecular weight is 510 g/mol. The molecule has 1 aromatic rings. The first-order valence-electron chi connectivity index (χ1n) is 9.10. The quantitative estimate of drug-likeness (QED) is 0.216. The summed E-state index contributed by atoms with van der Waals surface area (Å²) >= 11 is 0. The van der Waals surface area contributed by atoms with Gasteiger partial charge in [0, 0.05) is 33.3 Å². The van der Waals surface area contributed by atoms with Crippen LogP contribution in [0.15, 0.2) is 34.2 Å². The van der Waals surface area contributed by atoms with E-state index in [0.29, 0.717) is 19.2 Å². The first-order valence-corrected chi connectivity index (χ1v) is 10.6. The van der Waals surface area contributed by atoms with Crippen molar-refractivity contribution in [2.45, 2.75) is 49.6 Å². The molecule has 0 radical (unpaired) electrons. The van der Waals surface area contributed by atoms with Gasteiger partial charge < -0.3 is 15.4 Å². The van der Waals surface area contributed by atoms with E-state index >= 15 is 0 Å². The number of ether oxygens (including phenoxy) is 1. The van der Waals surface area contributed by atoms with Crippen LogP contribution >= 0.6 is 24.0 Å². The summed E-state index contributed by atoms with van der Waals surface area (Å²) in [7, 11) is -0.193. The fraction of sp³-hybridized carbons (Fsp3) is 0.611. The molecule has 0 bridgehead atoms. The largest absolute Gasteiger partial charge is 0.383 e. The van der Waals surface area contributed by atoms with E-state index in [1.165, 1.54) is 39.2 Å². The molecular weight excluding hydrogens is 479 g/mol. The van der Waals surface area contributed by atoms with Gasteiger partial charge in [0.2, 0.25) is 10.0 Å². The van der Waals surface area contributed by atoms with Gasteiger partial charge in [0.1, 0.15) is 0 Å². The van der Waals surface area contributed by atoms with E-state index in [-0.39, 0.29) is 35.4 Å². The molecule has 0 saturated heterocycles. The molecule has 2 rings (SSSR count). The van der Waals surface area contributed by atoms with Gasteiger partial charge in [-0.05, 0) is 30.5 Å². The number of hydrogen-bond donors (Lipinski definition) is 3. The van der Waals surface area contributed by atoms with Crippen LogP contribution in [0.25, 0.3) is 0 Å². The van der Waals surface area contributed by atoms with Gasteiger partial charge in [-0.3, -0.25) is 4.99 Å². The van der Waals surface area contributed by atoms with Crippen LogP contribution in [-0.2, 0) is 21.3 Å². The van der Waals surface area contributed by atoms with E-state index in [0.717, 1.165) is 11.5 Å². The summed E-state index contributed by atoms with van der Waals surface area (Å²) in [6.07, 6.45) is 6.22. The zero-order valence-electron chi connectivity index (χ0n) is 16.0. The molecule has 0 heterocycles. The zero-order valence-corrected chi connectivity index (χ0v) is 19.2. The second kappa shape index (κ2) is 12.5. The van der Waals surface area contributed by atoms with E-state index < -0.39 is 10.0 Å². The third-order valence-corrected chi connectivity index (χ3v) is 5.94. The predicted molar refractivity (Wildman–Crippen MR) is 119 cm³/mol. The highest BCUT2D eigenvalue weighted by molar-refractivity contribution is 14.0. The monoisotopic (exact) mass is 510 g/mol. The third kappa shape index (κ3) is 8.32. The topological polar surface area (TPSA) is 91.8 Å². The lowest BCUT2D eigenvalue weighted by molar-refractivity contribution is 0.204. The summed E-state index contributed by atoms with van der Waals surface area (Å²) in [5.74, 6) is 0.787. The normalized spacial score (nSPS) is 15.9. The molecule has 1 aliphatic rings. The molecule has 0 amide bonds. The first-order chi connectivity index (χ1) is 12.5. The molecular formula is C18H31IN4O3S. The lowest BCUT2D eigenvalue weighted by atomic mass is 9.96. The van der Waals surface area contributed by atoms with Crippen molar-refractivity contribution in [2.75, 3.05) is 27.3 Å². The molecule has 0 aromatic heterocycles. The Kier molecular flexibility index (Phi) is 11.2. The van der Waals surface area contributed by atoms with E-state index in [1.807, 2.05) is 12.1 Å². The number of benzene rings is 1. The molecule has 0 atom stereocenters. The van der Waals surface area contributed by atoms with Crippen LogP contribution in [-0.4, -0.2) is 47.7 Å². The van der Waals surface area contributed by atoms with Gasteiger partial charge in [-0.25, -0.2) is 13.1 Å². The summed E-state index contributed by atoms with van der Waals surface area (Å²) in [6, 6.07) is 7.34. The van der Waals surface area contributed by atoms with Crippen LogP contribution in [0, 0.1) is 0 Å². The molecule has 1 fully saturated rings. The average Bonchev–Trinajstić information content (AvgIpc) is 2.66. The van der Waals surface area contributed by atoms with Crippen LogP contribution < -0.4 is 15.4 Å². The molecule has 1 saturated carbocycles. The Balaban J connectivity index is 0.00000364. The molecule has 3 N–H and O–H groups in total. The fourth-order valence-electron chi connectivity index (χ4n) is 2.97. The molecule has 1 aliphatic carbocycles. The number of rotatable bonds is 8. The fourth-order valence-corrected chi connectivity index (χ4v) is 3.98. The van der Waals surface area contributed by atoms with E-state index in [1.54, 1.807) is 19.2 Å². The number of sulfonamides is 1. The zero-order chi connectivity index (χ0) is 18.8. The van der Waals surface area contributed by atoms with Crippen LogP contribution in [0.2, 0.25) is 0 Å². The van der Waals surface area contributed by atoms with Gasteiger partial charge in [0.25, 0.3) is 0 Å². The second-order valence-corrected chi connectivity index (χ2v) is 8.21. The van der Waals surface area contributed by atoms with Crippen LogP contribution in [0.1, 0.15) is 37.7 Å². The number of guanidine groups is 1. The van der Waals surface area contributed by atoms with Gasteiger partial charge in [-0.15, -0.1) is 24.0 Å². The van der Waals surface area contributed by atoms with Crippen molar-refractivity contribution in [3.63, 3.8) is 0 Å². The predicted octanol–water partition coefficient (Wildman–Crippen LogP) is 2.23. The Morgan fingerprint density at radius 2 is 1.85 bits per heavy atom. The number of nitrogens with zero attached hydrogens (tertiary/aromatic N) is 1. The molecule has 0 aliphatic heterocycles. The second-order valence-electron chi connectivity index (χ2n) is 6.44.